The Labute approximate surface area is 200 Å². The minimum absolute atomic E-state index is 0.0884. The number of aliphatic carboxylic acids is 1. The predicted molar refractivity (Wildman–Crippen MR) is 124 cm³/mol. The molecule has 0 saturated heterocycles. The molecule has 0 heterocycles. The number of hydrogen-bond donors (Lipinski definition) is 5. The van der Waals surface area contributed by atoms with Gasteiger partial charge in [-0.25, -0.2) is 9.59 Å². The van der Waals surface area contributed by atoms with Crippen LogP contribution < -0.4 is 21.7 Å². The summed E-state index contributed by atoms with van der Waals surface area (Å²) in [5.41, 5.74) is 4.37. The van der Waals surface area contributed by atoms with Crippen LogP contribution in [0.1, 0.15) is 73.1 Å². The first-order valence-electron chi connectivity index (χ1n) is 11.8. The first kappa shape index (κ1) is 29.2. The van der Waals surface area contributed by atoms with Gasteiger partial charge in [-0.2, -0.15) is 0 Å². The monoisotopic (exact) mass is 484 g/mol. The number of carboxylic acids is 1. The standard InChI is InChI=1S/C23H40N4O7/c1-6-13(2)18(27-22(33)34-23(3,4)5)20(30)25-12-14-7-9-15(10-8-14)19(29)26-16(21(31)32)11-17(24)28/h13-16,18H,6-12H2,1-5H3,(H2,24,28)(H,25,30)(H,26,29)(H,27,33)(H,31,32)/t13-,14?,15?,16+,18+/m1/s1. The van der Waals surface area contributed by atoms with Crippen molar-refractivity contribution in [2.75, 3.05) is 6.54 Å². The molecule has 6 N–H and O–H groups in total. The van der Waals surface area contributed by atoms with Crippen LogP contribution in [0.25, 0.3) is 0 Å². The minimum Gasteiger partial charge on any atom is -0.480 e. The number of nitrogens with two attached hydrogens (primary N) is 1. The fraction of sp³-hybridized carbons (Fsp3) is 0.783. The normalized spacial score (nSPS) is 20.9. The van der Waals surface area contributed by atoms with Gasteiger partial charge in [0.25, 0.3) is 0 Å². The zero-order valence-corrected chi connectivity index (χ0v) is 20.8. The first-order chi connectivity index (χ1) is 15.7. The van der Waals surface area contributed by atoms with E-state index in [1.165, 1.54) is 0 Å². The van der Waals surface area contributed by atoms with Crippen molar-refractivity contribution in [3.05, 3.63) is 0 Å². The Morgan fingerprint density at radius 2 is 1.65 bits per heavy atom. The van der Waals surface area contributed by atoms with Crippen molar-refractivity contribution in [3.8, 4) is 0 Å². The molecule has 1 saturated carbocycles. The van der Waals surface area contributed by atoms with Crippen LogP contribution >= 0.6 is 0 Å². The summed E-state index contributed by atoms with van der Waals surface area (Å²) in [7, 11) is 0. The quantitative estimate of drug-likeness (QED) is 0.293. The molecule has 3 atom stereocenters. The molecule has 4 amide bonds. The molecule has 1 fully saturated rings. The van der Waals surface area contributed by atoms with Gasteiger partial charge in [-0.1, -0.05) is 20.3 Å². The van der Waals surface area contributed by atoms with Crippen molar-refractivity contribution in [1.82, 2.24) is 16.0 Å². The summed E-state index contributed by atoms with van der Waals surface area (Å²) in [4.78, 5) is 59.6. The van der Waals surface area contributed by atoms with Gasteiger partial charge >= 0.3 is 12.1 Å². The summed E-state index contributed by atoms with van der Waals surface area (Å²) in [6.07, 6.45) is 2.04. The summed E-state index contributed by atoms with van der Waals surface area (Å²) in [5.74, 6) is -3.08. The first-order valence-corrected chi connectivity index (χ1v) is 11.8. The van der Waals surface area contributed by atoms with Crippen LogP contribution in [-0.4, -0.2) is 59.1 Å². The SMILES string of the molecule is CC[C@@H](C)[C@H](NC(=O)OC(C)(C)C)C(=O)NCC1CCC(C(=O)N[C@@H](CC(N)=O)C(=O)O)CC1. The van der Waals surface area contributed by atoms with E-state index >= 15 is 0 Å². The number of carboxylic acid groups (broad SMARTS) is 1. The summed E-state index contributed by atoms with van der Waals surface area (Å²) < 4.78 is 5.27. The highest BCUT2D eigenvalue weighted by atomic mass is 16.6. The third-order valence-electron chi connectivity index (χ3n) is 5.97. The Hall–Kier alpha value is -2.85. The average Bonchev–Trinajstić information content (AvgIpc) is 2.73. The van der Waals surface area contributed by atoms with Crippen LogP contribution in [0.5, 0.6) is 0 Å². The number of hydrogen-bond acceptors (Lipinski definition) is 6. The second-order valence-corrected chi connectivity index (χ2v) is 10.0. The Balaban J connectivity index is 2.55. The molecular weight excluding hydrogens is 444 g/mol. The molecule has 1 rings (SSSR count). The number of carbonyl (C=O) groups is 5. The van der Waals surface area contributed by atoms with Gasteiger partial charge in [-0.3, -0.25) is 14.4 Å². The zero-order valence-electron chi connectivity index (χ0n) is 20.8. The van der Waals surface area contributed by atoms with Gasteiger partial charge < -0.3 is 31.5 Å². The summed E-state index contributed by atoms with van der Waals surface area (Å²) in [6.45, 7) is 9.49. The molecule has 0 bridgehead atoms. The fourth-order valence-corrected chi connectivity index (χ4v) is 3.81. The minimum atomic E-state index is -1.34. The predicted octanol–water partition coefficient (Wildman–Crippen LogP) is 1.29. The lowest BCUT2D eigenvalue weighted by Crippen LogP contribution is -2.52. The average molecular weight is 485 g/mol. The zero-order chi connectivity index (χ0) is 26.1. The molecule has 0 aromatic heterocycles. The van der Waals surface area contributed by atoms with Crippen molar-refractivity contribution < 1.29 is 33.8 Å². The molecule has 0 radical (unpaired) electrons. The summed E-state index contributed by atoms with van der Waals surface area (Å²) in [6, 6.07) is -2.06. The molecule has 0 aromatic carbocycles. The highest BCUT2D eigenvalue weighted by Crippen LogP contribution is 2.28. The lowest BCUT2D eigenvalue weighted by Gasteiger charge is -2.30. The van der Waals surface area contributed by atoms with E-state index < -0.39 is 48.0 Å². The van der Waals surface area contributed by atoms with Crippen molar-refractivity contribution in [3.63, 3.8) is 0 Å². The number of ether oxygens (including phenoxy) is 1. The lowest BCUT2D eigenvalue weighted by atomic mass is 9.81. The van der Waals surface area contributed by atoms with E-state index in [0.29, 0.717) is 38.6 Å². The van der Waals surface area contributed by atoms with Gasteiger partial charge in [0.05, 0.1) is 6.42 Å². The molecule has 11 heteroatoms. The molecule has 0 unspecified atom stereocenters. The van der Waals surface area contributed by atoms with E-state index in [1.54, 1.807) is 20.8 Å². The van der Waals surface area contributed by atoms with E-state index in [4.69, 9.17) is 15.6 Å². The molecule has 34 heavy (non-hydrogen) atoms. The molecule has 194 valence electrons. The number of alkyl carbamates (subject to hydrolysis) is 1. The third kappa shape index (κ3) is 10.4. The van der Waals surface area contributed by atoms with Crippen molar-refractivity contribution >= 4 is 29.8 Å². The van der Waals surface area contributed by atoms with Crippen LogP contribution in [0.4, 0.5) is 4.79 Å². The fourth-order valence-electron chi connectivity index (χ4n) is 3.81. The molecule has 1 aliphatic carbocycles. The maximum atomic E-state index is 12.8. The van der Waals surface area contributed by atoms with Crippen LogP contribution in [0.15, 0.2) is 0 Å². The van der Waals surface area contributed by atoms with Crippen LogP contribution in [0.3, 0.4) is 0 Å². The highest BCUT2D eigenvalue weighted by molar-refractivity contribution is 5.89. The van der Waals surface area contributed by atoms with E-state index in [1.807, 2.05) is 13.8 Å². The molecule has 11 nitrogen and oxygen atoms in total. The summed E-state index contributed by atoms with van der Waals surface area (Å²) in [5, 5.41) is 17.1. The molecule has 0 aromatic rings. The van der Waals surface area contributed by atoms with Crippen molar-refractivity contribution in [2.45, 2.75) is 90.8 Å². The molecule has 0 spiro atoms. The maximum Gasteiger partial charge on any atom is 0.408 e. The van der Waals surface area contributed by atoms with Crippen molar-refractivity contribution in [2.24, 2.45) is 23.5 Å². The number of carbonyl (C=O) groups excluding carboxylic acids is 4. The number of primary amides is 1. The van der Waals surface area contributed by atoms with Gasteiger partial charge in [-0.05, 0) is 58.3 Å². The van der Waals surface area contributed by atoms with Gasteiger partial charge in [0.2, 0.25) is 17.7 Å². The third-order valence-corrected chi connectivity index (χ3v) is 5.97. The van der Waals surface area contributed by atoms with E-state index in [-0.39, 0.29) is 23.7 Å². The van der Waals surface area contributed by atoms with E-state index in [2.05, 4.69) is 16.0 Å². The number of nitrogens with one attached hydrogen (secondary N) is 3. The Kier molecular flexibility index (Phi) is 11.3. The van der Waals surface area contributed by atoms with E-state index in [0.717, 1.165) is 0 Å². The van der Waals surface area contributed by atoms with Gasteiger partial charge in [-0.15, -0.1) is 0 Å². The van der Waals surface area contributed by atoms with Crippen molar-refractivity contribution in [1.29, 1.82) is 0 Å². The van der Waals surface area contributed by atoms with Crippen LogP contribution in [-0.2, 0) is 23.9 Å². The second kappa shape index (κ2) is 13.1. The van der Waals surface area contributed by atoms with E-state index in [9.17, 15) is 24.0 Å². The Morgan fingerprint density at radius 3 is 2.12 bits per heavy atom. The largest absolute Gasteiger partial charge is 0.480 e. The lowest BCUT2D eigenvalue weighted by molar-refractivity contribution is -0.144. The Bertz CT molecular complexity index is 742. The number of rotatable bonds is 11. The van der Waals surface area contributed by atoms with Crippen LogP contribution in [0.2, 0.25) is 0 Å². The maximum absolute atomic E-state index is 12.8. The topological polar surface area (TPSA) is 177 Å². The Morgan fingerprint density at radius 1 is 1.06 bits per heavy atom. The van der Waals surface area contributed by atoms with Gasteiger partial charge in [0, 0.05) is 12.5 Å². The van der Waals surface area contributed by atoms with Crippen LogP contribution in [0, 0.1) is 17.8 Å². The van der Waals surface area contributed by atoms with Gasteiger partial charge in [0.1, 0.15) is 17.7 Å². The highest BCUT2D eigenvalue weighted by Gasteiger charge is 2.32. The van der Waals surface area contributed by atoms with Gasteiger partial charge in [0.15, 0.2) is 0 Å². The smallest absolute Gasteiger partial charge is 0.408 e. The summed E-state index contributed by atoms with van der Waals surface area (Å²) >= 11 is 0. The number of amides is 4. The molecule has 0 aliphatic heterocycles. The molecule has 1 aliphatic rings. The molecular formula is C23H40N4O7. The second-order valence-electron chi connectivity index (χ2n) is 10.0.